The van der Waals surface area contributed by atoms with Crippen LogP contribution in [0.5, 0.6) is 0 Å². The summed E-state index contributed by atoms with van der Waals surface area (Å²) in [5.74, 6) is -0.407. The van der Waals surface area contributed by atoms with E-state index in [2.05, 4.69) is 4.74 Å². The van der Waals surface area contributed by atoms with Crippen LogP contribution < -0.4 is 0 Å². The van der Waals surface area contributed by atoms with E-state index in [1.807, 2.05) is 0 Å². The topological polar surface area (TPSA) is 76.1 Å². The maximum absolute atomic E-state index is 10.8. The Morgan fingerprint density at radius 3 is 2.47 bits per heavy atom. The molecule has 0 aromatic carbocycles. The second kappa shape index (κ2) is 5.55. The van der Waals surface area contributed by atoms with Crippen LogP contribution in [0.3, 0.4) is 0 Å². The molecule has 6 nitrogen and oxygen atoms in total. The van der Waals surface area contributed by atoms with Crippen molar-refractivity contribution in [3.05, 3.63) is 0 Å². The first-order chi connectivity index (χ1) is 7.13. The summed E-state index contributed by atoms with van der Waals surface area (Å²) in [6.45, 7) is 0.858. The minimum atomic E-state index is -0.901. The van der Waals surface area contributed by atoms with Gasteiger partial charge in [0.25, 0.3) is 0 Å². The third kappa shape index (κ3) is 3.75. The number of likely N-dealkylation sites (tertiary alicyclic amines) is 1. The quantitative estimate of drug-likeness (QED) is 0.689. The average Bonchev–Trinajstić information content (AvgIpc) is 2.26. The molecule has 0 saturated carbocycles. The maximum Gasteiger partial charge on any atom is 0.407 e. The number of carbonyl (C=O) groups is 2. The van der Waals surface area contributed by atoms with Crippen molar-refractivity contribution < 1.29 is 24.2 Å². The van der Waals surface area contributed by atoms with Crippen molar-refractivity contribution in [3.8, 4) is 0 Å². The number of ether oxygens (including phenoxy) is 2. The highest BCUT2D eigenvalue weighted by molar-refractivity contribution is 5.70. The number of amides is 1. The van der Waals surface area contributed by atoms with Gasteiger partial charge in [0.15, 0.2) is 0 Å². The minimum absolute atomic E-state index is 0.0419. The first-order valence-corrected chi connectivity index (χ1v) is 4.79. The lowest BCUT2D eigenvalue weighted by Gasteiger charge is -2.29. The number of rotatable bonds is 3. The summed E-state index contributed by atoms with van der Waals surface area (Å²) in [5, 5.41) is 8.69. The lowest BCUT2D eigenvalue weighted by atomic mass is 10.1. The Kier molecular flexibility index (Phi) is 4.36. The lowest BCUT2D eigenvalue weighted by molar-refractivity contribution is -0.148. The molecule has 1 saturated heterocycles. The molecular weight excluding hydrogens is 202 g/mol. The third-order valence-corrected chi connectivity index (χ3v) is 2.38. The van der Waals surface area contributed by atoms with Gasteiger partial charge >= 0.3 is 12.1 Å². The zero-order valence-corrected chi connectivity index (χ0v) is 8.64. The molecular formula is C9H15NO5. The predicted octanol–water partition coefficient (Wildman–Crippen LogP) is 0.318. The van der Waals surface area contributed by atoms with Crippen LogP contribution in [0.4, 0.5) is 4.79 Å². The van der Waals surface area contributed by atoms with Crippen molar-refractivity contribution in [2.45, 2.75) is 18.9 Å². The Morgan fingerprint density at radius 1 is 1.40 bits per heavy atom. The molecule has 0 aliphatic carbocycles. The maximum atomic E-state index is 10.8. The summed E-state index contributed by atoms with van der Waals surface area (Å²) < 4.78 is 9.70. The number of nitrogens with zero attached hydrogens (tertiary/aromatic N) is 1. The molecule has 0 radical (unpaired) electrons. The zero-order chi connectivity index (χ0) is 11.3. The smallest absolute Gasteiger partial charge is 0.407 e. The van der Waals surface area contributed by atoms with Gasteiger partial charge in [-0.25, -0.2) is 9.59 Å². The molecule has 86 valence electrons. The standard InChI is InChI=1S/C9H15NO5/c1-14-8(11)6-15-7-2-4-10(5-3-7)9(12)13/h7H,2-6H2,1H3,(H,12,13). The molecule has 1 heterocycles. The molecule has 1 aliphatic heterocycles. The van der Waals surface area contributed by atoms with Crippen molar-refractivity contribution in [1.82, 2.24) is 4.90 Å². The van der Waals surface area contributed by atoms with Gasteiger partial charge in [-0.15, -0.1) is 0 Å². The van der Waals surface area contributed by atoms with Crippen LogP contribution >= 0.6 is 0 Å². The van der Waals surface area contributed by atoms with Gasteiger partial charge in [-0.3, -0.25) is 0 Å². The normalized spacial score (nSPS) is 17.5. The molecule has 6 heteroatoms. The summed E-state index contributed by atoms with van der Waals surface area (Å²) in [7, 11) is 1.30. The number of methoxy groups -OCH3 is 1. The largest absolute Gasteiger partial charge is 0.467 e. The fourth-order valence-corrected chi connectivity index (χ4v) is 1.46. The molecule has 15 heavy (non-hydrogen) atoms. The van der Waals surface area contributed by atoms with Gasteiger partial charge in [-0.2, -0.15) is 0 Å². The van der Waals surface area contributed by atoms with Crippen LogP contribution in [0.15, 0.2) is 0 Å². The average molecular weight is 217 g/mol. The lowest BCUT2D eigenvalue weighted by Crippen LogP contribution is -2.40. The first kappa shape index (κ1) is 11.8. The Hall–Kier alpha value is -1.30. The molecule has 0 aromatic rings. The summed E-state index contributed by atoms with van der Waals surface area (Å²) in [6, 6.07) is 0. The van der Waals surface area contributed by atoms with Gasteiger partial charge in [-0.05, 0) is 12.8 Å². The van der Waals surface area contributed by atoms with Gasteiger partial charge < -0.3 is 19.5 Å². The van der Waals surface area contributed by atoms with Crippen LogP contribution in [-0.2, 0) is 14.3 Å². The summed E-state index contributed by atoms with van der Waals surface area (Å²) >= 11 is 0. The summed E-state index contributed by atoms with van der Waals surface area (Å²) in [6.07, 6.45) is 0.313. The molecule has 1 amide bonds. The third-order valence-electron chi connectivity index (χ3n) is 2.38. The van der Waals surface area contributed by atoms with E-state index >= 15 is 0 Å². The van der Waals surface area contributed by atoms with Crippen molar-refractivity contribution in [2.75, 3.05) is 26.8 Å². The summed E-state index contributed by atoms with van der Waals surface area (Å²) in [5.41, 5.74) is 0. The fraction of sp³-hybridized carbons (Fsp3) is 0.778. The number of esters is 1. The van der Waals surface area contributed by atoms with Crippen LogP contribution in [0.1, 0.15) is 12.8 Å². The molecule has 0 bridgehead atoms. The molecule has 1 fully saturated rings. The van der Waals surface area contributed by atoms with E-state index in [0.29, 0.717) is 25.9 Å². The molecule has 1 aliphatic rings. The molecule has 0 unspecified atom stereocenters. The van der Waals surface area contributed by atoms with E-state index in [4.69, 9.17) is 9.84 Å². The molecule has 1 N–H and O–H groups in total. The van der Waals surface area contributed by atoms with Gasteiger partial charge in [-0.1, -0.05) is 0 Å². The van der Waals surface area contributed by atoms with E-state index in [1.165, 1.54) is 12.0 Å². The second-order valence-corrected chi connectivity index (χ2v) is 3.36. The molecule has 0 atom stereocenters. The number of carbonyl (C=O) groups excluding carboxylic acids is 1. The van der Waals surface area contributed by atoms with E-state index in [-0.39, 0.29) is 12.7 Å². The SMILES string of the molecule is COC(=O)COC1CCN(C(=O)O)CC1. The van der Waals surface area contributed by atoms with Crippen molar-refractivity contribution >= 4 is 12.1 Å². The number of carboxylic acid groups (broad SMARTS) is 1. The van der Waals surface area contributed by atoms with Crippen LogP contribution in [0, 0.1) is 0 Å². The Morgan fingerprint density at radius 2 is 2.00 bits per heavy atom. The van der Waals surface area contributed by atoms with E-state index < -0.39 is 12.1 Å². The van der Waals surface area contributed by atoms with E-state index in [9.17, 15) is 9.59 Å². The molecule has 0 aromatic heterocycles. The van der Waals surface area contributed by atoms with Crippen LogP contribution in [0.2, 0.25) is 0 Å². The number of hydrogen-bond acceptors (Lipinski definition) is 4. The second-order valence-electron chi connectivity index (χ2n) is 3.36. The van der Waals surface area contributed by atoms with Gasteiger partial charge in [0, 0.05) is 13.1 Å². The Balaban J connectivity index is 2.20. The number of hydrogen-bond donors (Lipinski definition) is 1. The van der Waals surface area contributed by atoms with Gasteiger partial charge in [0.05, 0.1) is 13.2 Å². The highest BCUT2D eigenvalue weighted by Gasteiger charge is 2.23. The number of piperidine rings is 1. The predicted molar refractivity (Wildman–Crippen MR) is 50.6 cm³/mol. The van der Waals surface area contributed by atoms with Crippen LogP contribution in [-0.4, -0.2) is 55.0 Å². The van der Waals surface area contributed by atoms with E-state index in [0.717, 1.165) is 0 Å². The minimum Gasteiger partial charge on any atom is -0.467 e. The first-order valence-electron chi connectivity index (χ1n) is 4.79. The molecule has 1 rings (SSSR count). The van der Waals surface area contributed by atoms with Crippen molar-refractivity contribution in [3.63, 3.8) is 0 Å². The van der Waals surface area contributed by atoms with E-state index in [1.54, 1.807) is 0 Å². The summed E-state index contributed by atoms with van der Waals surface area (Å²) in [4.78, 5) is 22.7. The zero-order valence-electron chi connectivity index (χ0n) is 8.64. The molecule has 0 spiro atoms. The highest BCUT2D eigenvalue weighted by Crippen LogP contribution is 2.13. The monoisotopic (exact) mass is 217 g/mol. The highest BCUT2D eigenvalue weighted by atomic mass is 16.6. The van der Waals surface area contributed by atoms with Crippen molar-refractivity contribution in [2.24, 2.45) is 0 Å². The fourth-order valence-electron chi connectivity index (χ4n) is 1.46. The van der Waals surface area contributed by atoms with Gasteiger partial charge in [0.2, 0.25) is 0 Å². The van der Waals surface area contributed by atoms with Crippen molar-refractivity contribution in [1.29, 1.82) is 0 Å². The Labute approximate surface area is 87.8 Å². The Bertz CT molecular complexity index is 235. The van der Waals surface area contributed by atoms with Gasteiger partial charge in [0.1, 0.15) is 6.61 Å². The van der Waals surface area contributed by atoms with Crippen LogP contribution in [0.25, 0.3) is 0 Å².